The zero-order valence-corrected chi connectivity index (χ0v) is 20.6. The highest BCUT2D eigenvalue weighted by atomic mass is 32.2. The zero-order valence-electron chi connectivity index (χ0n) is 19.0. The zero-order chi connectivity index (χ0) is 24.6. The van der Waals surface area contributed by atoms with Gasteiger partial charge in [0.25, 0.3) is 0 Å². The van der Waals surface area contributed by atoms with Crippen molar-refractivity contribution in [1.29, 1.82) is 0 Å². The third kappa shape index (κ3) is 8.98. The number of aromatic nitrogens is 1. The number of nitrogens with one attached hydrogen (secondary N) is 3. The summed E-state index contributed by atoms with van der Waals surface area (Å²) in [5.74, 6) is -0.192. The number of alkyl carbamates (subject to hydrolysis) is 1. The number of aryl methyl sites for hydroxylation is 1. The largest absolute Gasteiger partial charge is 0.453 e. The first kappa shape index (κ1) is 26.6. The maximum atomic E-state index is 13.1. The number of hydrogen-bond donors (Lipinski definition) is 4. The summed E-state index contributed by atoms with van der Waals surface area (Å²) in [7, 11) is -3.12. The first-order chi connectivity index (χ1) is 15.5. The van der Waals surface area contributed by atoms with Crippen LogP contribution in [-0.2, 0) is 32.7 Å². The highest BCUT2D eigenvalue weighted by Gasteiger charge is 2.26. The van der Waals surface area contributed by atoms with E-state index in [4.69, 9.17) is 4.55 Å². The van der Waals surface area contributed by atoms with Gasteiger partial charge in [-0.25, -0.2) is 9.78 Å². The molecule has 10 nitrogen and oxygen atoms in total. The van der Waals surface area contributed by atoms with Gasteiger partial charge in [0.1, 0.15) is 11.0 Å². The number of methoxy groups -OCH3 is 1. The summed E-state index contributed by atoms with van der Waals surface area (Å²) < 4.78 is 37.5. The van der Waals surface area contributed by atoms with Crippen molar-refractivity contribution < 1.29 is 27.3 Å². The van der Waals surface area contributed by atoms with Gasteiger partial charge in [0.15, 0.2) is 0 Å². The lowest BCUT2D eigenvalue weighted by Crippen LogP contribution is -2.48. The van der Waals surface area contributed by atoms with Gasteiger partial charge in [-0.1, -0.05) is 32.9 Å². The summed E-state index contributed by atoms with van der Waals surface area (Å²) in [6, 6.07) is 5.19. The van der Waals surface area contributed by atoms with E-state index in [2.05, 4.69) is 20.4 Å². The fourth-order valence-corrected chi connectivity index (χ4v) is 4.50. The fourth-order valence-electron chi connectivity index (χ4n) is 3.12. The summed E-state index contributed by atoms with van der Waals surface area (Å²) in [4.78, 5) is 29.4. The topological polar surface area (TPSA) is 147 Å². The van der Waals surface area contributed by atoms with Gasteiger partial charge in [-0.2, -0.15) is 8.42 Å². The Morgan fingerprint density at radius 1 is 1.18 bits per heavy atom. The molecule has 1 heterocycles. The lowest BCUT2D eigenvalue weighted by atomic mass is 10.0. The van der Waals surface area contributed by atoms with Crippen molar-refractivity contribution in [3.05, 3.63) is 45.9 Å². The second-order valence-electron chi connectivity index (χ2n) is 7.89. The molecule has 182 valence electrons. The van der Waals surface area contributed by atoms with Gasteiger partial charge in [0, 0.05) is 5.38 Å². The predicted octanol–water partition coefficient (Wildman–Crippen LogP) is 3.09. The highest BCUT2D eigenvalue weighted by Crippen LogP contribution is 2.24. The molecule has 0 fully saturated rings. The van der Waals surface area contributed by atoms with Gasteiger partial charge in [-0.05, 0) is 42.9 Å². The van der Waals surface area contributed by atoms with Crippen LogP contribution in [0.25, 0.3) is 0 Å². The molecule has 0 aliphatic heterocycles. The number of anilines is 1. The second kappa shape index (κ2) is 12.0. The number of carbonyl (C=O) groups is 2. The number of carbonyl (C=O) groups excluding carboxylic acids is 2. The fraction of sp³-hybridized carbons (Fsp3) is 0.476. The Balaban J connectivity index is 2.24. The number of thiazole rings is 1. The molecule has 12 heteroatoms. The Bertz CT molecular complexity index is 1040. The number of benzene rings is 1. The van der Waals surface area contributed by atoms with Crippen molar-refractivity contribution in [2.45, 2.75) is 52.1 Å². The monoisotopic (exact) mass is 498 g/mol. The highest BCUT2D eigenvalue weighted by molar-refractivity contribution is 7.87. The molecule has 0 spiro atoms. The van der Waals surface area contributed by atoms with Crippen molar-refractivity contribution in [1.82, 2.24) is 15.6 Å². The lowest BCUT2D eigenvalue weighted by molar-refractivity contribution is -0.124. The van der Waals surface area contributed by atoms with E-state index in [9.17, 15) is 18.0 Å². The van der Waals surface area contributed by atoms with E-state index in [0.717, 1.165) is 22.7 Å². The summed E-state index contributed by atoms with van der Waals surface area (Å²) in [5, 5.41) is 8.24. The van der Waals surface area contributed by atoms with Crippen LogP contribution in [0.4, 0.5) is 10.5 Å². The number of hydrogen-bond acceptors (Lipinski definition) is 7. The summed E-state index contributed by atoms with van der Waals surface area (Å²) >= 11 is 1.44. The van der Waals surface area contributed by atoms with E-state index < -0.39 is 28.5 Å². The SMILES string of the molecule is CCc1csc(C(Cc2ccc(NS(=O)(=O)O)cc2)NC(=O)C(CC(C)C)NC(=O)OC)n1. The van der Waals surface area contributed by atoms with Crippen LogP contribution in [0, 0.1) is 5.92 Å². The molecule has 0 aliphatic carbocycles. The van der Waals surface area contributed by atoms with Gasteiger partial charge in [-0.15, -0.1) is 11.3 Å². The smallest absolute Gasteiger partial charge is 0.407 e. The molecule has 1 aromatic carbocycles. The van der Waals surface area contributed by atoms with Gasteiger partial charge in [0.2, 0.25) is 5.91 Å². The summed E-state index contributed by atoms with van der Waals surface area (Å²) in [5.41, 5.74) is 1.94. The molecular weight excluding hydrogens is 468 g/mol. The number of amides is 2. The van der Waals surface area contributed by atoms with Gasteiger partial charge >= 0.3 is 16.4 Å². The predicted molar refractivity (Wildman–Crippen MR) is 126 cm³/mol. The van der Waals surface area contributed by atoms with Gasteiger partial charge in [-0.3, -0.25) is 14.1 Å². The van der Waals surface area contributed by atoms with Gasteiger partial charge in [0.05, 0.1) is 24.5 Å². The maximum Gasteiger partial charge on any atom is 0.407 e. The van der Waals surface area contributed by atoms with Crippen LogP contribution in [0.5, 0.6) is 0 Å². The molecule has 0 saturated heterocycles. The summed E-state index contributed by atoms with van der Waals surface area (Å²) in [6.07, 6.45) is 0.896. The normalized spacial score (nSPS) is 13.3. The van der Waals surface area contributed by atoms with E-state index in [0.29, 0.717) is 12.8 Å². The van der Waals surface area contributed by atoms with Gasteiger partial charge < -0.3 is 15.4 Å². The van der Waals surface area contributed by atoms with Crippen molar-refractivity contribution in [2.75, 3.05) is 11.8 Å². The van der Waals surface area contributed by atoms with E-state index in [1.54, 1.807) is 12.1 Å². The van der Waals surface area contributed by atoms with Crippen LogP contribution >= 0.6 is 11.3 Å². The van der Waals surface area contributed by atoms with Crippen LogP contribution in [0.1, 0.15) is 49.5 Å². The van der Waals surface area contributed by atoms with E-state index >= 15 is 0 Å². The van der Waals surface area contributed by atoms with Crippen LogP contribution < -0.4 is 15.4 Å². The van der Waals surface area contributed by atoms with Crippen molar-refractivity contribution in [2.24, 2.45) is 5.92 Å². The third-order valence-corrected chi connectivity index (χ3v) is 6.19. The molecule has 2 unspecified atom stereocenters. The summed E-state index contributed by atoms with van der Waals surface area (Å²) in [6.45, 7) is 5.90. The molecule has 2 atom stereocenters. The molecule has 4 N–H and O–H groups in total. The minimum Gasteiger partial charge on any atom is -0.453 e. The van der Waals surface area contributed by atoms with Crippen molar-refractivity contribution in [3.8, 4) is 0 Å². The van der Waals surface area contributed by atoms with Crippen LogP contribution in [0.2, 0.25) is 0 Å². The Labute approximate surface area is 198 Å². The molecule has 2 rings (SSSR count). The first-order valence-corrected chi connectivity index (χ1v) is 12.8. The van der Waals surface area contributed by atoms with Crippen molar-refractivity contribution in [3.63, 3.8) is 0 Å². The number of rotatable bonds is 11. The molecule has 2 amide bonds. The Morgan fingerprint density at radius 3 is 2.36 bits per heavy atom. The Morgan fingerprint density at radius 2 is 1.85 bits per heavy atom. The Hall–Kier alpha value is -2.70. The third-order valence-electron chi connectivity index (χ3n) is 4.69. The molecule has 0 radical (unpaired) electrons. The number of nitrogens with zero attached hydrogens (tertiary/aromatic N) is 1. The quantitative estimate of drug-likeness (QED) is 0.348. The van der Waals surface area contributed by atoms with Crippen molar-refractivity contribution >= 4 is 39.3 Å². The van der Waals surface area contributed by atoms with Crippen LogP contribution in [-0.4, -0.2) is 43.1 Å². The van der Waals surface area contributed by atoms with E-state index in [-0.39, 0.29) is 17.5 Å². The molecule has 33 heavy (non-hydrogen) atoms. The molecule has 2 aromatic rings. The first-order valence-electron chi connectivity index (χ1n) is 10.4. The molecule has 0 bridgehead atoms. The number of ether oxygens (including phenoxy) is 1. The minimum absolute atomic E-state index is 0.158. The molecule has 0 aliphatic rings. The van der Waals surface area contributed by atoms with E-state index in [1.165, 1.54) is 30.6 Å². The molecule has 1 aromatic heterocycles. The minimum atomic E-state index is -4.36. The van der Waals surface area contributed by atoms with Crippen LogP contribution in [0.3, 0.4) is 0 Å². The average molecular weight is 499 g/mol. The average Bonchev–Trinajstić information content (AvgIpc) is 3.22. The maximum absolute atomic E-state index is 13.1. The molecular formula is C21H30N4O6S2. The van der Waals surface area contributed by atoms with Crippen LogP contribution in [0.15, 0.2) is 29.6 Å². The lowest BCUT2D eigenvalue weighted by Gasteiger charge is -2.23. The van der Waals surface area contributed by atoms with E-state index in [1.807, 2.05) is 30.9 Å². The second-order valence-corrected chi connectivity index (χ2v) is 9.93. The standard InChI is InChI=1S/C21H30N4O6S2/c1-5-15-12-32-20(22-15)18(11-14-6-8-16(9-7-14)25-33(28,29)30)23-19(26)17(10-13(2)3)24-21(27)31-4/h6-9,12-13,17-18,25H,5,10-11H2,1-4H3,(H,23,26)(H,24,27)(H,28,29,30). The molecule has 0 saturated carbocycles. The Kier molecular flexibility index (Phi) is 9.62.